The van der Waals surface area contributed by atoms with Crippen LogP contribution in [0.25, 0.3) is 0 Å². The SMILES string of the molecule is CCNC(=NCc1ccc(C)cc1OC(C)CC)NCCc1c(C)noc1C.I. The van der Waals surface area contributed by atoms with Gasteiger partial charge in [-0.1, -0.05) is 24.2 Å². The maximum Gasteiger partial charge on any atom is 0.191 e. The van der Waals surface area contributed by atoms with E-state index in [1.165, 1.54) is 5.56 Å². The van der Waals surface area contributed by atoms with Crippen molar-refractivity contribution in [2.75, 3.05) is 13.1 Å². The van der Waals surface area contributed by atoms with Gasteiger partial charge in [0.15, 0.2) is 5.96 Å². The van der Waals surface area contributed by atoms with Crippen LogP contribution in [0.15, 0.2) is 27.7 Å². The number of benzene rings is 1. The fourth-order valence-corrected chi connectivity index (χ4v) is 2.87. The molecule has 0 saturated carbocycles. The van der Waals surface area contributed by atoms with Gasteiger partial charge in [0, 0.05) is 24.2 Å². The van der Waals surface area contributed by atoms with E-state index in [9.17, 15) is 0 Å². The molecule has 2 N–H and O–H groups in total. The predicted octanol–water partition coefficient (Wildman–Crippen LogP) is 4.69. The molecule has 29 heavy (non-hydrogen) atoms. The fourth-order valence-electron chi connectivity index (χ4n) is 2.87. The van der Waals surface area contributed by atoms with Gasteiger partial charge in [-0.25, -0.2) is 4.99 Å². The van der Waals surface area contributed by atoms with Gasteiger partial charge in [-0.15, -0.1) is 24.0 Å². The zero-order valence-corrected chi connectivity index (χ0v) is 20.8. The van der Waals surface area contributed by atoms with Crippen LogP contribution in [0.2, 0.25) is 0 Å². The molecule has 1 heterocycles. The Hall–Kier alpha value is -1.77. The molecule has 0 saturated heterocycles. The standard InChI is InChI=1S/C22H34N4O2.HI/c1-7-16(4)27-21-13-15(3)9-10-19(21)14-25-22(23-8-2)24-12-11-20-17(5)26-28-18(20)6;/h9-10,13,16H,7-8,11-12,14H2,1-6H3,(H2,23,24,25);1H. The first-order chi connectivity index (χ1) is 13.4. The Morgan fingerprint density at radius 2 is 1.97 bits per heavy atom. The molecule has 1 atom stereocenters. The van der Waals surface area contributed by atoms with Crippen molar-refractivity contribution in [2.45, 2.75) is 67.0 Å². The van der Waals surface area contributed by atoms with Crippen LogP contribution in [-0.4, -0.2) is 30.3 Å². The number of ether oxygens (including phenoxy) is 1. The molecule has 2 aromatic rings. The molecule has 0 amide bonds. The lowest BCUT2D eigenvalue weighted by molar-refractivity contribution is 0.215. The van der Waals surface area contributed by atoms with Gasteiger partial charge in [0.05, 0.1) is 18.3 Å². The number of hydrogen-bond donors (Lipinski definition) is 2. The van der Waals surface area contributed by atoms with E-state index in [0.29, 0.717) is 6.54 Å². The van der Waals surface area contributed by atoms with Crippen LogP contribution in [0.4, 0.5) is 0 Å². The summed E-state index contributed by atoms with van der Waals surface area (Å²) in [5.74, 6) is 2.60. The smallest absolute Gasteiger partial charge is 0.191 e. The van der Waals surface area contributed by atoms with Crippen molar-refractivity contribution >= 4 is 29.9 Å². The zero-order chi connectivity index (χ0) is 20.5. The second-order valence-corrected chi connectivity index (χ2v) is 7.12. The van der Waals surface area contributed by atoms with Crippen molar-refractivity contribution < 1.29 is 9.26 Å². The van der Waals surface area contributed by atoms with Crippen LogP contribution in [0, 0.1) is 20.8 Å². The Balaban J connectivity index is 0.00000420. The largest absolute Gasteiger partial charge is 0.490 e. The molecule has 0 aliphatic heterocycles. The van der Waals surface area contributed by atoms with Crippen LogP contribution in [-0.2, 0) is 13.0 Å². The molecule has 0 radical (unpaired) electrons. The number of aliphatic imine (C=N–C) groups is 1. The summed E-state index contributed by atoms with van der Waals surface area (Å²) in [6.45, 7) is 14.4. The summed E-state index contributed by atoms with van der Waals surface area (Å²) >= 11 is 0. The first-order valence-electron chi connectivity index (χ1n) is 10.1. The molecular weight excluding hydrogens is 479 g/mol. The van der Waals surface area contributed by atoms with Crippen LogP contribution >= 0.6 is 24.0 Å². The van der Waals surface area contributed by atoms with E-state index in [2.05, 4.69) is 61.7 Å². The van der Waals surface area contributed by atoms with Crippen molar-refractivity contribution in [1.29, 1.82) is 0 Å². The summed E-state index contributed by atoms with van der Waals surface area (Å²) in [4.78, 5) is 4.75. The molecule has 0 spiro atoms. The Morgan fingerprint density at radius 1 is 1.21 bits per heavy atom. The molecule has 0 aliphatic carbocycles. The number of guanidine groups is 1. The monoisotopic (exact) mass is 514 g/mol. The highest BCUT2D eigenvalue weighted by Gasteiger charge is 2.10. The fraction of sp³-hybridized carbons (Fsp3) is 0.545. The quantitative estimate of drug-likeness (QED) is 0.289. The van der Waals surface area contributed by atoms with Gasteiger partial charge in [0.1, 0.15) is 11.5 Å². The third-order valence-corrected chi connectivity index (χ3v) is 4.73. The Kier molecular flexibility index (Phi) is 11.1. The summed E-state index contributed by atoms with van der Waals surface area (Å²) in [5, 5.41) is 10.7. The van der Waals surface area contributed by atoms with Crippen molar-refractivity contribution in [3.63, 3.8) is 0 Å². The minimum atomic E-state index is 0. The van der Waals surface area contributed by atoms with E-state index in [-0.39, 0.29) is 30.1 Å². The third-order valence-electron chi connectivity index (χ3n) is 4.73. The number of nitrogens with zero attached hydrogens (tertiary/aromatic N) is 2. The van der Waals surface area contributed by atoms with E-state index in [1.807, 2.05) is 13.8 Å². The number of aromatic nitrogens is 1. The molecule has 0 aliphatic rings. The summed E-state index contributed by atoms with van der Waals surface area (Å²) in [6, 6.07) is 6.30. The Labute approximate surface area is 191 Å². The van der Waals surface area contributed by atoms with E-state index < -0.39 is 0 Å². The molecule has 6 nitrogen and oxygen atoms in total. The molecule has 1 aromatic carbocycles. The van der Waals surface area contributed by atoms with Crippen molar-refractivity contribution in [3.05, 3.63) is 46.3 Å². The maximum atomic E-state index is 6.10. The lowest BCUT2D eigenvalue weighted by Crippen LogP contribution is -2.38. The molecule has 0 bridgehead atoms. The van der Waals surface area contributed by atoms with Gasteiger partial charge in [-0.3, -0.25) is 0 Å². The van der Waals surface area contributed by atoms with E-state index in [4.69, 9.17) is 14.3 Å². The van der Waals surface area contributed by atoms with Gasteiger partial charge in [0.2, 0.25) is 0 Å². The first-order valence-corrected chi connectivity index (χ1v) is 10.1. The Morgan fingerprint density at radius 3 is 2.59 bits per heavy atom. The molecule has 0 fully saturated rings. The van der Waals surface area contributed by atoms with Gasteiger partial charge < -0.3 is 19.9 Å². The maximum absolute atomic E-state index is 6.10. The molecule has 1 unspecified atom stereocenters. The molecule has 7 heteroatoms. The summed E-state index contributed by atoms with van der Waals surface area (Å²) in [5.41, 5.74) is 4.39. The topological polar surface area (TPSA) is 71.7 Å². The molecular formula is C22H35IN4O2. The number of hydrogen-bond acceptors (Lipinski definition) is 4. The summed E-state index contributed by atoms with van der Waals surface area (Å²) in [7, 11) is 0. The van der Waals surface area contributed by atoms with E-state index in [0.717, 1.165) is 60.2 Å². The third kappa shape index (κ3) is 7.87. The minimum absolute atomic E-state index is 0. The minimum Gasteiger partial charge on any atom is -0.490 e. The van der Waals surface area contributed by atoms with Gasteiger partial charge >= 0.3 is 0 Å². The van der Waals surface area contributed by atoms with Gasteiger partial charge in [-0.05, 0) is 59.1 Å². The van der Waals surface area contributed by atoms with Crippen LogP contribution in [0.5, 0.6) is 5.75 Å². The van der Waals surface area contributed by atoms with Crippen molar-refractivity contribution in [1.82, 2.24) is 15.8 Å². The van der Waals surface area contributed by atoms with Gasteiger partial charge in [-0.2, -0.15) is 0 Å². The predicted molar refractivity (Wildman–Crippen MR) is 129 cm³/mol. The van der Waals surface area contributed by atoms with E-state index in [1.54, 1.807) is 0 Å². The average molecular weight is 514 g/mol. The lowest BCUT2D eigenvalue weighted by Gasteiger charge is -2.17. The highest BCUT2D eigenvalue weighted by atomic mass is 127. The highest BCUT2D eigenvalue weighted by molar-refractivity contribution is 14.0. The summed E-state index contributed by atoms with van der Waals surface area (Å²) < 4.78 is 11.3. The average Bonchev–Trinajstić information content (AvgIpc) is 2.99. The number of halogens is 1. The number of nitrogens with one attached hydrogen (secondary N) is 2. The van der Waals surface area contributed by atoms with Crippen molar-refractivity contribution in [2.24, 2.45) is 4.99 Å². The normalized spacial score (nSPS) is 12.3. The molecule has 2 rings (SSSR count). The second-order valence-electron chi connectivity index (χ2n) is 7.12. The van der Waals surface area contributed by atoms with Gasteiger partial charge in [0.25, 0.3) is 0 Å². The number of rotatable bonds is 9. The Bertz CT molecular complexity index is 770. The van der Waals surface area contributed by atoms with E-state index >= 15 is 0 Å². The second kappa shape index (κ2) is 12.7. The lowest BCUT2D eigenvalue weighted by atomic mass is 10.1. The van der Waals surface area contributed by atoms with Crippen LogP contribution in [0.1, 0.15) is 55.3 Å². The van der Waals surface area contributed by atoms with Crippen LogP contribution in [0.3, 0.4) is 0 Å². The highest BCUT2D eigenvalue weighted by Crippen LogP contribution is 2.23. The number of aryl methyl sites for hydroxylation is 3. The summed E-state index contributed by atoms with van der Waals surface area (Å²) in [6.07, 6.45) is 2.01. The van der Waals surface area contributed by atoms with Crippen molar-refractivity contribution in [3.8, 4) is 5.75 Å². The molecule has 162 valence electrons. The first kappa shape index (κ1) is 25.3. The zero-order valence-electron chi connectivity index (χ0n) is 18.5. The molecule has 1 aromatic heterocycles. The van der Waals surface area contributed by atoms with Crippen LogP contribution < -0.4 is 15.4 Å².